The van der Waals surface area contributed by atoms with Gasteiger partial charge >= 0.3 is 0 Å². The van der Waals surface area contributed by atoms with Crippen LogP contribution in [0.2, 0.25) is 0 Å². The van der Waals surface area contributed by atoms with Crippen LogP contribution >= 0.6 is 0 Å². The average Bonchev–Trinajstić information content (AvgIpc) is 2.47. The number of nitrogens with one attached hydrogen (secondary N) is 1. The van der Waals surface area contributed by atoms with E-state index in [0.717, 1.165) is 11.8 Å². The summed E-state index contributed by atoms with van der Waals surface area (Å²) in [5, 5.41) is 0. The van der Waals surface area contributed by atoms with E-state index in [9.17, 15) is 16.8 Å². The van der Waals surface area contributed by atoms with Gasteiger partial charge in [0.2, 0.25) is 0 Å². The minimum atomic E-state index is -3.86. The van der Waals surface area contributed by atoms with Gasteiger partial charge in [-0.25, -0.2) is 16.8 Å². The minimum absolute atomic E-state index is 0.0525. The fraction of sp³-hybridized carbons (Fsp3) is 0.143. The normalized spacial score (nSPS) is 12.2. The lowest BCUT2D eigenvalue weighted by atomic mass is 10.2. The zero-order valence-corrected chi connectivity index (χ0v) is 13.4. The maximum Gasteiger partial charge on any atom is 0.262 e. The third-order valence-corrected chi connectivity index (χ3v) is 5.17. The van der Waals surface area contributed by atoms with Crippen molar-refractivity contribution in [1.29, 1.82) is 0 Å². The maximum atomic E-state index is 12.0. The molecule has 6 nitrogen and oxygen atoms in total. The Morgan fingerprint density at radius 1 is 0.864 bits per heavy atom. The molecule has 0 aliphatic heterocycles. The summed E-state index contributed by atoms with van der Waals surface area (Å²) >= 11 is 0. The van der Waals surface area contributed by atoms with Crippen molar-refractivity contribution in [2.75, 3.05) is 6.26 Å². The summed E-state index contributed by atoms with van der Waals surface area (Å²) in [6, 6.07) is 14.0. The van der Waals surface area contributed by atoms with Crippen molar-refractivity contribution >= 4 is 19.9 Å². The molecule has 0 amide bonds. The van der Waals surface area contributed by atoms with Crippen LogP contribution < -0.4 is 4.89 Å². The Kier molecular flexibility index (Phi) is 4.97. The highest BCUT2D eigenvalue weighted by atomic mass is 32.2. The number of sulfone groups is 1. The van der Waals surface area contributed by atoms with E-state index in [4.69, 9.17) is 4.84 Å². The van der Waals surface area contributed by atoms with Crippen molar-refractivity contribution in [3.05, 3.63) is 60.2 Å². The van der Waals surface area contributed by atoms with E-state index >= 15 is 0 Å². The standard InChI is InChI=1S/C14H15NO5S2/c1-21(16,17)13-7-9-14(10-8-13)22(18,19)15-20-11-12-5-3-2-4-6-12/h2-10,15H,11H2,1H3. The second kappa shape index (κ2) is 6.57. The van der Waals surface area contributed by atoms with Crippen LogP contribution in [0.15, 0.2) is 64.4 Å². The van der Waals surface area contributed by atoms with Gasteiger partial charge in [-0.3, -0.25) is 4.84 Å². The van der Waals surface area contributed by atoms with Gasteiger partial charge in [0, 0.05) is 6.26 Å². The Morgan fingerprint density at radius 3 is 1.95 bits per heavy atom. The van der Waals surface area contributed by atoms with Crippen LogP contribution in [0, 0.1) is 0 Å². The zero-order chi connectivity index (χ0) is 16.2. The van der Waals surface area contributed by atoms with E-state index < -0.39 is 19.9 Å². The lowest BCUT2D eigenvalue weighted by molar-refractivity contribution is 0.0795. The molecule has 22 heavy (non-hydrogen) atoms. The van der Waals surface area contributed by atoms with Gasteiger partial charge in [-0.15, -0.1) is 0 Å². The van der Waals surface area contributed by atoms with Crippen LogP contribution in [0.25, 0.3) is 0 Å². The van der Waals surface area contributed by atoms with Gasteiger partial charge in [0.15, 0.2) is 9.84 Å². The molecule has 118 valence electrons. The van der Waals surface area contributed by atoms with Gasteiger partial charge in [-0.05, 0) is 29.8 Å². The first-order valence-corrected chi connectivity index (χ1v) is 9.64. The van der Waals surface area contributed by atoms with E-state index in [2.05, 4.69) is 0 Å². The van der Waals surface area contributed by atoms with Crippen LogP contribution in [0.1, 0.15) is 5.56 Å². The smallest absolute Gasteiger partial charge is 0.262 e. The highest BCUT2D eigenvalue weighted by molar-refractivity contribution is 7.90. The Balaban J connectivity index is 2.04. The van der Waals surface area contributed by atoms with E-state index in [1.807, 2.05) is 23.1 Å². The van der Waals surface area contributed by atoms with Gasteiger partial charge in [-0.2, -0.15) is 0 Å². The fourth-order valence-corrected chi connectivity index (χ4v) is 3.11. The predicted molar refractivity (Wildman–Crippen MR) is 81.1 cm³/mol. The minimum Gasteiger partial charge on any atom is -0.282 e. The number of rotatable bonds is 6. The highest BCUT2D eigenvalue weighted by Gasteiger charge is 2.15. The molecule has 0 atom stereocenters. The van der Waals surface area contributed by atoms with Crippen molar-refractivity contribution < 1.29 is 21.7 Å². The van der Waals surface area contributed by atoms with Crippen LogP contribution in [-0.2, 0) is 31.3 Å². The van der Waals surface area contributed by atoms with Crippen molar-refractivity contribution in [2.45, 2.75) is 16.4 Å². The predicted octanol–water partition coefficient (Wildman–Crippen LogP) is 1.50. The summed E-state index contributed by atoms with van der Waals surface area (Å²) in [7, 11) is -7.22. The number of hydrogen-bond acceptors (Lipinski definition) is 5. The maximum absolute atomic E-state index is 12.0. The summed E-state index contributed by atoms with van der Waals surface area (Å²) in [6.07, 6.45) is 1.05. The topological polar surface area (TPSA) is 89.5 Å². The highest BCUT2D eigenvalue weighted by Crippen LogP contribution is 2.14. The van der Waals surface area contributed by atoms with Crippen molar-refractivity contribution in [3.63, 3.8) is 0 Å². The fourth-order valence-electron chi connectivity index (χ4n) is 1.68. The van der Waals surface area contributed by atoms with Gasteiger partial charge in [0.1, 0.15) is 0 Å². The average molecular weight is 341 g/mol. The molecule has 2 aromatic rings. The lowest BCUT2D eigenvalue weighted by Crippen LogP contribution is -2.24. The SMILES string of the molecule is CS(=O)(=O)c1ccc(S(=O)(=O)NOCc2ccccc2)cc1. The third-order valence-electron chi connectivity index (χ3n) is 2.81. The second-order valence-corrected chi connectivity index (χ2v) is 8.27. The van der Waals surface area contributed by atoms with Crippen LogP contribution in [0.5, 0.6) is 0 Å². The van der Waals surface area contributed by atoms with Crippen LogP contribution in [0.4, 0.5) is 0 Å². The van der Waals surface area contributed by atoms with Crippen LogP contribution in [0.3, 0.4) is 0 Å². The molecule has 0 radical (unpaired) electrons. The Morgan fingerprint density at radius 2 is 1.41 bits per heavy atom. The Labute approximate surface area is 129 Å². The lowest BCUT2D eigenvalue weighted by Gasteiger charge is -2.08. The van der Waals surface area contributed by atoms with Gasteiger partial charge < -0.3 is 0 Å². The molecule has 0 heterocycles. The molecule has 0 bridgehead atoms. The summed E-state index contributed by atoms with van der Waals surface area (Å²) in [5.74, 6) is 0. The first-order valence-electron chi connectivity index (χ1n) is 6.27. The summed E-state index contributed by atoms with van der Waals surface area (Å²) < 4.78 is 46.7. The van der Waals surface area contributed by atoms with Gasteiger partial charge in [0.05, 0.1) is 16.4 Å². The Bertz CT molecular complexity index is 829. The first kappa shape index (κ1) is 16.6. The molecule has 8 heteroatoms. The Hall–Kier alpha value is -1.74. The van der Waals surface area contributed by atoms with E-state index in [1.54, 1.807) is 12.1 Å². The molecule has 0 fully saturated rings. The quantitative estimate of drug-likeness (QED) is 0.804. The number of sulfonamides is 1. The second-order valence-electron chi connectivity index (χ2n) is 4.60. The molecule has 2 aromatic carbocycles. The molecule has 0 aliphatic rings. The van der Waals surface area contributed by atoms with E-state index in [0.29, 0.717) is 0 Å². The summed E-state index contributed by atoms with van der Waals surface area (Å²) in [5.41, 5.74) is 0.817. The molecular formula is C14H15NO5S2. The molecular weight excluding hydrogens is 326 g/mol. The van der Waals surface area contributed by atoms with Gasteiger partial charge in [0.25, 0.3) is 10.0 Å². The largest absolute Gasteiger partial charge is 0.282 e. The molecule has 0 saturated heterocycles. The molecule has 0 saturated carbocycles. The molecule has 2 rings (SSSR count). The van der Waals surface area contributed by atoms with Gasteiger partial charge in [-0.1, -0.05) is 35.2 Å². The zero-order valence-electron chi connectivity index (χ0n) is 11.8. The van der Waals surface area contributed by atoms with E-state index in [1.165, 1.54) is 24.3 Å². The third kappa shape index (κ3) is 4.38. The van der Waals surface area contributed by atoms with E-state index in [-0.39, 0.29) is 16.4 Å². The summed E-state index contributed by atoms with van der Waals surface area (Å²) in [6.45, 7) is 0.0848. The number of hydrogen-bond donors (Lipinski definition) is 1. The molecule has 0 aliphatic carbocycles. The van der Waals surface area contributed by atoms with Crippen LogP contribution in [-0.4, -0.2) is 23.1 Å². The number of benzene rings is 2. The molecule has 1 N–H and O–H groups in total. The van der Waals surface area contributed by atoms with Crippen molar-refractivity contribution in [2.24, 2.45) is 0 Å². The monoisotopic (exact) mass is 341 g/mol. The van der Waals surface area contributed by atoms with Crippen molar-refractivity contribution in [1.82, 2.24) is 4.89 Å². The first-order chi connectivity index (χ1) is 10.3. The molecule has 0 aromatic heterocycles. The molecule has 0 spiro atoms. The summed E-state index contributed by atoms with van der Waals surface area (Å²) in [4.78, 5) is 6.96. The van der Waals surface area contributed by atoms with Crippen molar-refractivity contribution in [3.8, 4) is 0 Å². The molecule has 0 unspecified atom stereocenters.